The molecule has 0 radical (unpaired) electrons. The van der Waals surface area contributed by atoms with Crippen LogP contribution in [0.1, 0.15) is 26.7 Å². The van der Waals surface area contributed by atoms with E-state index < -0.39 is 10.0 Å². The molecule has 1 aliphatic heterocycles. The lowest BCUT2D eigenvalue weighted by Gasteiger charge is -2.28. The van der Waals surface area contributed by atoms with Gasteiger partial charge in [-0.05, 0) is 60.4 Å². The third-order valence-corrected chi connectivity index (χ3v) is 5.68. The van der Waals surface area contributed by atoms with Crippen LogP contribution in [-0.4, -0.2) is 33.0 Å². The maximum Gasteiger partial charge on any atom is 0.240 e. The molecule has 1 aromatic rings. The lowest BCUT2D eigenvalue weighted by Crippen LogP contribution is -2.46. The molecule has 9 heteroatoms. The summed E-state index contributed by atoms with van der Waals surface area (Å²) in [5.74, 6) is -0.210. The third kappa shape index (κ3) is 5.72. The van der Waals surface area contributed by atoms with E-state index in [1.807, 2.05) is 6.92 Å². The first kappa shape index (κ1) is 20.4. The molecule has 1 fully saturated rings. The van der Waals surface area contributed by atoms with Crippen molar-refractivity contribution in [3.63, 3.8) is 0 Å². The van der Waals surface area contributed by atoms with E-state index in [0.29, 0.717) is 16.2 Å². The van der Waals surface area contributed by atoms with Gasteiger partial charge in [-0.15, -0.1) is 12.4 Å². The van der Waals surface area contributed by atoms with Crippen LogP contribution in [-0.2, 0) is 14.8 Å². The van der Waals surface area contributed by atoms with Gasteiger partial charge in [0.2, 0.25) is 15.9 Å². The summed E-state index contributed by atoms with van der Waals surface area (Å²) < 4.78 is 28.2. The fourth-order valence-corrected chi connectivity index (χ4v) is 4.42. The molecule has 0 bridgehead atoms. The largest absolute Gasteiger partial charge is 0.325 e. The molecule has 1 amide bonds. The number of benzene rings is 1. The Hall–Kier alpha value is -0.670. The van der Waals surface area contributed by atoms with E-state index in [1.165, 1.54) is 19.1 Å². The second-order valence-electron chi connectivity index (χ2n) is 5.52. The SMILES string of the molecule is CC(=O)Nc1ccc(S(=O)(=O)NC2CCNC(C)C2)cc1Br.Cl. The number of carbonyl (C=O) groups excluding carboxylic acids is 1. The van der Waals surface area contributed by atoms with Crippen LogP contribution >= 0.6 is 28.3 Å². The number of hydrogen-bond donors (Lipinski definition) is 3. The highest BCUT2D eigenvalue weighted by atomic mass is 79.9. The summed E-state index contributed by atoms with van der Waals surface area (Å²) in [6.07, 6.45) is 1.54. The second kappa shape index (κ2) is 8.43. The molecule has 1 saturated heterocycles. The highest BCUT2D eigenvalue weighted by molar-refractivity contribution is 9.10. The van der Waals surface area contributed by atoms with Gasteiger partial charge < -0.3 is 10.6 Å². The molecular formula is C14H21BrClN3O3S. The Kier molecular flexibility index (Phi) is 7.47. The number of amides is 1. The number of nitrogens with one attached hydrogen (secondary N) is 3. The van der Waals surface area contributed by atoms with Crippen molar-refractivity contribution in [2.24, 2.45) is 0 Å². The van der Waals surface area contributed by atoms with Crippen LogP contribution in [0.25, 0.3) is 0 Å². The molecule has 0 saturated carbocycles. The summed E-state index contributed by atoms with van der Waals surface area (Å²) in [4.78, 5) is 11.3. The summed E-state index contributed by atoms with van der Waals surface area (Å²) in [5.41, 5.74) is 0.543. The van der Waals surface area contributed by atoms with Crippen LogP contribution in [0.15, 0.2) is 27.6 Å². The van der Waals surface area contributed by atoms with E-state index in [-0.39, 0.29) is 29.3 Å². The Balaban J connectivity index is 0.00000264. The molecule has 130 valence electrons. The lowest BCUT2D eigenvalue weighted by molar-refractivity contribution is -0.114. The molecule has 2 atom stereocenters. The molecule has 3 N–H and O–H groups in total. The average molecular weight is 427 g/mol. The monoisotopic (exact) mass is 425 g/mol. The van der Waals surface area contributed by atoms with Crippen molar-refractivity contribution in [1.82, 2.24) is 10.0 Å². The van der Waals surface area contributed by atoms with Crippen molar-refractivity contribution in [1.29, 1.82) is 0 Å². The Bertz CT molecular complexity index is 669. The van der Waals surface area contributed by atoms with E-state index in [0.717, 1.165) is 19.4 Å². The van der Waals surface area contributed by atoms with Gasteiger partial charge in [0.1, 0.15) is 0 Å². The molecular weight excluding hydrogens is 406 g/mol. The predicted octanol–water partition coefficient (Wildman–Crippen LogP) is 2.25. The first-order chi connectivity index (χ1) is 10.3. The highest BCUT2D eigenvalue weighted by Gasteiger charge is 2.24. The van der Waals surface area contributed by atoms with Gasteiger partial charge in [0, 0.05) is 23.5 Å². The van der Waals surface area contributed by atoms with Gasteiger partial charge in [0.15, 0.2) is 0 Å². The van der Waals surface area contributed by atoms with E-state index >= 15 is 0 Å². The van der Waals surface area contributed by atoms with Gasteiger partial charge in [-0.25, -0.2) is 13.1 Å². The minimum Gasteiger partial charge on any atom is -0.325 e. The van der Waals surface area contributed by atoms with Crippen molar-refractivity contribution in [3.05, 3.63) is 22.7 Å². The van der Waals surface area contributed by atoms with Gasteiger partial charge in [-0.3, -0.25) is 4.79 Å². The quantitative estimate of drug-likeness (QED) is 0.689. The Morgan fingerprint density at radius 1 is 1.39 bits per heavy atom. The van der Waals surface area contributed by atoms with Crippen molar-refractivity contribution < 1.29 is 13.2 Å². The van der Waals surface area contributed by atoms with Crippen LogP contribution in [0.5, 0.6) is 0 Å². The Labute approximate surface area is 151 Å². The molecule has 23 heavy (non-hydrogen) atoms. The van der Waals surface area contributed by atoms with Gasteiger partial charge in [-0.1, -0.05) is 0 Å². The molecule has 0 aromatic heterocycles. The number of piperidine rings is 1. The van der Waals surface area contributed by atoms with Crippen molar-refractivity contribution >= 4 is 50.0 Å². The van der Waals surface area contributed by atoms with E-state index in [9.17, 15) is 13.2 Å². The van der Waals surface area contributed by atoms with Crippen molar-refractivity contribution in [3.8, 4) is 0 Å². The van der Waals surface area contributed by atoms with E-state index in [2.05, 4.69) is 31.3 Å². The minimum absolute atomic E-state index is 0. The number of halogens is 2. The Morgan fingerprint density at radius 2 is 2.09 bits per heavy atom. The predicted molar refractivity (Wildman–Crippen MR) is 96.5 cm³/mol. The van der Waals surface area contributed by atoms with Crippen LogP contribution in [0, 0.1) is 0 Å². The number of rotatable bonds is 4. The molecule has 1 heterocycles. The first-order valence-corrected chi connectivity index (χ1v) is 9.38. The third-order valence-electron chi connectivity index (χ3n) is 3.51. The van der Waals surface area contributed by atoms with Crippen LogP contribution in [0.4, 0.5) is 5.69 Å². The summed E-state index contributed by atoms with van der Waals surface area (Å²) in [7, 11) is -3.57. The molecule has 2 unspecified atom stereocenters. The van der Waals surface area contributed by atoms with Crippen LogP contribution < -0.4 is 15.4 Å². The van der Waals surface area contributed by atoms with Gasteiger partial charge in [-0.2, -0.15) is 0 Å². The molecule has 0 spiro atoms. The maximum absolute atomic E-state index is 12.5. The lowest BCUT2D eigenvalue weighted by atomic mass is 10.0. The minimum atomic E-state index is -3.57. The summed E-state index contributed by atoms with van der Waals surface area (Å²) in [6.45, 7) is 4.25. The standard InChI is InChI=1S/C14H20BrN3O3S.ClH/c1-9-7-11(5-6-16-9)18-22(20,21)12-3-4-14(13(15)8-12)17-10(2)19;/h3-4,8-9,11,16,18H,5-7H2,1-2H3,(H,17,19);1H. The molecule has 6 nitrogen and oxygen atoms in total. The van der Waals surface area contributed by atoms with Gasteiger partial charge in [0.25, 0.3) is 0 Å². The van der Waals surface area contributed by atoms with Gasteiger partial charge in [0.05, 0.1) is 10.6 Å². The topological polar surface area (TPSA) is 87.3 Å². The zero-order valence-corrected chi connectivity index (χ0v) is 16.1. The number of carbonyl (C=O) groups is 1. The highest BCUT2D eigenvalue weighted by Crippen LogP contribution is 2.26. The van der Waals surface area contributed by atoms with Crippen molar-refractivity contribution in [2.45, 2.75) is 43.7 Å². The maximum atomic E-state index is 12.5. The van der Waals surface area contributed by atoms with Crippen molar-refractivity contribution in [2.75, 3.05) is 11.9 Å². The molecule has 1 aromatic carbocycles. The van der Waals surface area contributed by atoms with E-state index in [4.69, 9.17) is 0 Å². The summed E-state index contributed by atoms with van der Waals surface area (Å²) in [5, 5.41) is 5.92. The van der Waals surface area contributed by atoms with E-state index in [1.54, 1.807) is 6.07 Å². The summed E-state index contributed by atoms with van der Waals surface area (Å²) >= 11 is 3.29. The summed E-state index contributed by atoms with van der Waals surface area (Å²) in [6, 6.07) is 4.80. The van der Waals surface area contributed by atoms with Crippen LogP contribution in [0.2, 0.25) is 0 Å². The number of sulfonamides is 1. The number of anilines is 1. The molecule has 2 rings (SSSR count). The number of hydrogen-bond acceptors (Lipinski definition) is 4. The Morgan fingerprint density at radius 3 is 2.65 bits per heavy atom. The first-order valence-electron chi connectivity index (χ1n) is 7.11. The molecule has 0 aliphatic carbocycles. The molecule has 1 aliphatic rings. The zero-order valence-electron chi connectivity index (χ0n) is 12.9. The van der Waals surface area contributed by atoms with Gasteiger partial charge >= 0.3 is 0 Å². The normalized spacial score (nSPS) is 21.3. The van der Waals surface area contributed by atoms with Crippen LogP contribution in [0.3, 0.4) is 0 Å². The second-order valence-corrected chi connectivity index (χ2v) is 8.09. The fraction of sp³-hybridized carbons (Fsp3) is 0.500. The smallest absolute Gasteiger partial charge is 0.240 e. The fourth-order valence-electron chi connectivity index (χ4n) is 2.48. The zero-order chi connectivity index (χ0) is 16.3. The average Bonchev–Trinajstić information content (AvgIpc) is 2.40.